The Kier molecular flexibility index (Phi) is 4.42. The molecule has 0 aromatic heterocycles. The number of benzene rings is 1. The molecule has 4 heteroatoms. The first kappa shape index (κ1) is 14.6. The first-order valence-corrected chi connectivity index (χ1v) is 7.09. The molecule has 0 saturated carbocycles. The van der Waals surface area contributed by atoms with Crippen LogP contribution in [0.3, 0.4) is 0 Å². The van der Waals surface area contributed by atoms with Crippen LogP contribution < -0.4 is 0 Å². The highest BCUT2D eigenvalue weighted by Gasteiger charge is 2.34. The van der Waals surface area contributed by atoms with E-state index in [1.807, 2.05) is 49.1 Å². The molecule has 4 nitrogen and oxygen atoms in total. The number of rotatable bonds is 3. The maximum atomic E-state index is 12.6. The fraction of sp³-hybridized carbons (Fsp3) is 0.500. The number of likely N-dealkylation sites (tertiary alicyclic amines) is 1. The molecule has 108 valence electrons. The summed E-state index contributed by atoms with van der Waals surface area (Å²) in [6.45, 7) is 4.38. The third kappa shape index (κ3) is 3.00. The number of carboxylic acid groups (broad SMARTS) is 1. The Morgan fingerprint density at radius 2 is 1.95 bits per heavy atom. The maximum absolute atomic E-state index is 12.6. The Bertz CT molecular complexity index is 486. The van der Waals surface area contributed by atoms with Gasteiger partial charge in [-0.05, 0) is 32.3 Å². The van der Waals surface area contributed by atoms with Gasteiger partial charge in [-0.2, -0.15) is 0 Å². The summed E-state index contributed by atoms with van der Waals surface area (Å²) in [6, 6.07) is 9.69. The number of amides is 1. The molecule has 0 spiro atoms. The molecule has 0 radical (unpaired) electrons. The van der Waals surface area contributed by atoms with Gasteiger partial charge in [-0.15, -0.1) is 0 Å². The molecule has 1 heterocycles. The Hall–Kier alpha value is -1.84. The van der Waals surface area contributed by atoms with Gasteiger partial charge < -0.3 is 10.0 Å². The van der Waals surface area contributed by atoms with E-state index in [4.69, 9.17) is 5.11 Å². The summed E-state index contributed by atoms with van der Waals surface area (Å²) in [4.78, 5) is 25.4. The lowest BCUT2D eigenvalue weighted by molar-refractivity contribution is -0.147. The van der Waals surface area contributed by atoms with Crippen molar-refractivity contribution in [3.8, 4) is 0 Å². The second kappa shape index (κ2) is 6.07. The molecule has 3 unspecified atom stereocenters. The second-order valence-electron chi connectivity index (χ2n) is 5.57. The average molecular weight is 275 g/mol. The minimum absolute atomic E-state index is 0.0106. The lowest BCUT2D eigenvalue weighted by Crippen LogP contribution is -2.47. The van der Waals surface area contributed by atoms with Crippen molar-refractivity contribution in [1.82, 2.24) is 4.90 Å². The normalized spacial score (nSPS) is 24.2. The van der Waals surface area contributed by atoms with Gasteiger partial charge in [0.2, 0.25) is 5.91 Å². The number of hydrogen-bond acceptors (Lipinski definition) is 2. The van der Waals surface area contributed by atoms with Crippen molar-refractivity contribution in [2.75, 3.05) is 6.54 Å². The number of carboxylic acids is 1. The minimum atomic E-state index is -0.750. The largest absolute Gasteiger partial charge is 0.481 e. The van der Waals surface area contributed by atoms with E-state index in [9.17, 15) is 9.59 Å². The number of hydrogen-bond donors (Lipinski definition) is 1. The molecule has 1 N–H and O–H groups in total. The second-order valence-corrected chi connectivity index (χ2v) is 5.57. The van der Waals surface area contributed by atoms with Crippen LogP contribution in [0.1, 0.15) is 38.2 Å². The van der Waals surface area contributed by atoms with Crippen molar-refractivity contribution >= 4 is 11.9 Å². The van der Waals surface area contributed by atoms with Gasteiger partial charge >= 0.3 is 5.97 Å². The fourth-order valence-electron chi connectivity index (χ4n) is 2.86. The highest BCUT2D eigenvalue weighted by Crippen LogP contribution is 2.27. The number of carbonyl (C=O) groups is 2. The number of aliphatic carboxylic acids is 1. The highest BCUT2D eigenvalue weighted by molar-refractivity contribution is 5.84. The quantitative estimate of drug-likeness (QED) is 0.922. The first-order chi connectivity index (χ1) is 9.50. The van der Waals surface area contributed by atoms with E-state index in [0.717, 1.165) is 5.56 Å². The van der Waals surface area contributed by atoms with Gasteiger partial charge in [0.05, 0.1) is 11.8 Å². The lowest BCUT2D eigenvalue weighted by atomic mass is 9.90. The third-order valence-electron chi connectivity index (χ3n) is 4.18. The van der Waals surface area contributed by atoms with Gasteiger partial charge in [-0.3, -0.25) is 9.59 Å². The van der Waals surface area contributed by atoms with E-state index in [2.05, 4.69) is 0 Å². The minimum Gasteiger partial charge on any atom is -0.481 e. The van der Waals surface area contributed by atoms with E-state index in [0.29, 0.717) is 19.4 Å². The number of piperidine rings is 1. The summed E-state index contributed by atoms with van der Waals surface area (Å²) in [5, 5.41) is 9.06. The molecule has 1 fully saturated rings. The lowest BCUT2D eigenvalue weighted by Gasteiger charge is -2.37. The van der Waals surface area contributed by atoms with Crippen molar-refractivity contribution in [2.24, 2.45) is 5.92 Å². The smallest absolute Gasteiger partial charge is 0.306 e. The molecule has 1 amide bonds. The average Bonchev–Trinajstić information content (AvgIpc) is 2.46. The molecule has 1 aliphatic heterocycles. The summed E-state index contributed by atoms with van der Waals surface area (Å²) in [5.74, 6) is -1.16. The van der Waals surface area contributed by atoms with Gasteiger partial charge in [0.15, 0.2) is 0 Å². The number of nitrogens with zero attached hydrogens (tertiary/aromatic N) is 1. The zero-order valence-electron chi connectivity index (χ0n) is 12.0. The van der Waals surface area contributed by atoms with Crippen LogP contribution in [0.4, 0.5) is 0 Å². The van der Waals surface area contributed by atoms with Crippen LogP contribution in [-0.2, 0) is 9.59 Å². The molecule has 1 saturated heterocycles. The molecule has 0 bridgehead atoms. The van der Waals surface area contributed by atoms with Gasteiger partial charge in [0, 0.05) is 12.6 Å². The molecule has 20 heavy (non-hydrogen) atoms. The zero-order chi connectivity index (χ0) is 14.7. The van der Waals surface area contributed by atoms with Gasteiger partial charge in [-0.1, -0.05) is 30.3 Å². The van der Waals surface area contributed by atoms with E-state index >= 15 is 0 Å². The van der Waals surface area contributed by atoms with Crippen molar-refractivity contribution in [1.29, 1.82) is 0 Å². The molecule has 3 atom stereocenters. The standard InChI is InChI=1S/C16H21NO3/c1-11-10-14(16(19)20)8-9-17(11)15(18)12(2)13-6-4-3-5-7-13/h3-7,11-12,14H,8-10H2,1-2H3,(H,19,20). The summed E-state index contributed by atoms with van der Waals surface area (Å²) >= 11 is 0. The molecule has 1 aromatic carbocycles. The molecule has 2 rings (SSSR count). The summed E-state index contributed by atoms with van der Waals surface area (Å²) < 4.78 is 0. The van der Waals surface area contributed by atoms with E-state index in [-0.39, 0.29) is 23.8 Å². The fourth-order valence-corrected chi connectivity index (χ4v) is 2.86. The van der Waals surface area contributed by atoms with Gasteiger partial charge in [-0.25, -0.2) is 0 Å². The molecule has 0 aliphatic carbocycles. The van der Waals surface area contributed by atoms with Crippen LogP contribution in [0.5, 0.6) is 0 Å². The van der Waals surface area contributed by atoms with Crippen LogP contribution in [0.15, 0.2) is 30.3 Å². The Balaban J connectivity index is 2.05. The molecular formula is C16H21NO3. The van der Waals surface area contributed by atoms with E-state index in [1.54, 1.807) is 0 Å². The van der Waals surface area contributed by atoms with E-state index in [1.165, 1.54) is 0 Å². The van der Waals surface area contributed by atoms with Crippen molar-refractivity contribution in [3.63, 3.8) is 0 Å². The zero-order valence-corrected chi connectivity index (χ0v) is 12.0. The van der Waals surface area contributed by atoms with Gasteiger partial charge in [0.25, 0.3) is 0 Å². The van der Waals surface area contributed by atoms with Crippen LogP contribution >= 0.6 is 0 Å². The van der Waals surface area contributed by atoms with E-state index < -0.39 is 5.97 Å². The van der Waals surface area contributed by atoms with Crippen LogP contribution in [-0.4, -0.2) is 34.5 Å². The van der Waals surface area contributed by atoms with Crippen LogP contribution in [0.2, 0.25) is 0 Å². The van der Waals surface area contributed by atoms with Crippen LogP contribution in [0.25, 0.3) is 0 Å². The maximum Gasteiger partial charge on any atom is 0.306 e. The predicted molar refractivity (Wildman–Crippen MR) is 76.4 cm³/mol. The number of carbonyl (C=O) groups excluding carboxylic acids is 1. The first-order valence-electron chi connectivity index (χ1n) is 7.09. The monoisotopic (exact) mass is 275 g/mol. The Morgan fingerprint density at radius 1 is 1.30 bits per heavy atom. The van der Waals surface area contributed by atoms with Crippen molar-refractivity contribution in [3.05, 3.63) is 35.9 Å². The van der Waals surface area contributed by atoms with Crippen molar-refractivity contribution in [2.45, 2.75) is 38.6 Å². The molecular weight excluding hydrogens is 254 g/mol. The summed E-state index contributed by atoms with van der Waals surface area (Å²) in [6.07, 6.45) is 1.09. The highest BCUT2D eigenvalue weighted by atomic mass is 16.4. The topological polar surface area (TPSA) is 57.6 Å². The summed E-state index contributed by atoms with van der Waals surface area (Å²) in [5.41, 5.74) is 1.00. The Labute approximate surface area is 119 Å². The van der Waals surface area contributed by atoms with Crippen LogP contribution in [0, 0.1) is 5.92 Å². The molecule has 1 aliphatic rings. The van der Waals surface area contributed by atoms with Crippen molar-refractivity contribution < 1.29 is 14.7 Å². The SMILES string of the molecule is CC(C(=O)N1CCC(C(=O)O)CC1C)c1ccccc1. The third-order valence-corrected chi connectivity index (χ3v) is 4.18. The summed E-state index contributed by atoms with van der Waals surface area (Å²) in [7, 11) is 0. The van der Waals surface area contributed by atoms with Gasteiger partial charge in [0.1, 0.15) is 0 Å². The molecule has 1 aromatic rings. The predicted octanol–water partition coefficient (Wildman–Crippen LogP) is 2.50. The Morgan fingerprint density at radius 3 is 2.50 bits per heavy atom.